The van der Waals surface area contributed by atoms with Gasteiger partial charge in [0.2, 0.25) is 0 Å². The fourth-order valence-electron chi connectivity index (χ4n) is 6.31. The van der Waals surface area contributed by atoms with Crippen LogP contribution in [0.15, 0.2) is 31.0 Å². The maximum atomic E-state index is 13.0. The van der Waals surface area contributed by atoms with Crippen LogP contribution in [0.25, 0.3) is 22.3 Å². The van der Waals surface area contributed by atoms with E-state index in [2.05, 4.69) is 30.8 Å². The number of H-pyrrole nitrogens is 1. The van der Waals surface area contributed by atoms with Gasteiger partial charge in [-0.25, -0.2) is 9.97 Å². The minimum Gasteiger partial charge on any atom is -0.346 e. The normalized spacial score (nSPS) is 28.0. The van der Waals surface area contributed by atoms with Gasteiger partial charge in [-0.15, -0.1) is 0 Å². The van der Waals surface area contributed by atoms with Crippen molar-refractivity contribution in [2.24, 2.45) is 11.8 Å². The molecule has 3 aromatic heterocycles. The lowest BCUT2D eigenvalue weighted by molar-refractivity contribution is 0.239. The molecule has 6 rings (SSSR count). The van der Waals surface area contributed by atoms with E-state index in [0.29, 0.717) is 19.5 Å². The topological polar surface area (TPSA) is 133 Å². The third-order valence-corrected chi connectivity index (χ3v) is 9.55. The number of nitrogens with one attached hydrogen (secondary N) is 2. The van der Waals surface area contributed by atoms with E-state index in [4.69, 9.17) is 0 Å². The second kappa shape index (κ2) is 8.15. The van der Waals surface area contributed by atoms with Crippen LogP contribution in [0.1, 0.15) is 44.9 Å². The van der Waals surface area contributed by atoms with Crippen molar-refractivity contribution in [3.05, 3.63) is 31.0 Å². The number of aromatic nitrogens is 5. The molecule has 178 valence electrons. The molecule has 3 aliphatic rings. The fraction of sp³-hybridized carbons (Fsp3) is 0.565. The lowest BCUT2D eigenvalue weighted by Crippen LogP contribution is -2.44. The summed E-state index contributed by atoms with van der Waals surface area (Å²) in [4.78, 5) is 11.8. The van der Waals surface area contributed by atoms with E-state index in [1.54, 1.807) is 10.5 Å². The van der Waals surface area contributed by atoms with Gasteiger partial charge >= 0.3 is 0 Å². The molecule has 1 saturated heterocycles. The molecular weight excluding hydrogens is 452 g/mol. The lowest BCUT2D eigenvalue weighted by Gasteiger charge is -2.30. The van der Waals surface area contributed by atoms with Crippen LogP contribution in [0.4, 0.5) is 0 Å². The van der Waals surface area contributed by atoms with Gasteiger partial charge in [0.25, 0.3) is 10.2 Å². The molecule has 34 heavy (non-hydrogen) atoms. The maximum absolute atomic E-state index is 13.0. The van der Waals surface area contributed by atoms with Gasteiger partial charge in [-0.05, 0) is 43.6 Å². The van der Waals surface area contributed by atoms with Crippen molar-refractivity contribution in [3.63, 3.8) is 0 Å². The van der Waals surface area contributed by atoms with Crippen LogP contribution < -0.4 is 4.72 Å². The van der Waals surface area contributed by atoms with Gasteiger partial charge in [0.05, 0.1) is 29.9 Å². The Hall–Kier alpha value is -2.81. The van der Waals surface area contributed by atoms with Crippen molar-refractivity contribution in [2.45, 2.75) is 56.5 Å². The number of nitrogens with zero attached hydrogens (tertiary/aromatic N) is 6. The summed E-state index contributed by atoms with van der Waals surface area (Å²) < 4.78 is 32.4. The molecule has 0 spiro atoms. The van der Waals surface area contributed by atoms with Crippen LogP contribution >= 0.6 is 0 Å². The van der Waals surface area contributed by atoms with Crippen molar-refractivity contribution in [3.8, 4) is 17.3 Å². The van der Waals surface area contributed by atoms with Crippen molar-refractivity contribution in [1.29, 1.82) is 5.26 Å². The van der Waals surface area contributed by atoms with Crippen LogP contribution in [0.3, 0.4) is 0 Å². The number of hydrogen-bond donors (Lipinski definition) is 2. The van der Waals surface area contributed by atoms with E-state index < -0.39 is 15.7 Å². The standard InChI is InChI=1S/C23H28N8O2S/c24-7-6-23(31-14-18(11-28-31)21-20-5-8-25-22(20)27-15-26-21)9-16-12-30(13-17(16)10-23)34(32,33)29-19-3-1-2-4-19/h5,8,11,14-17,19,29H,1-4,6,9-10,12-13H2,(H,25,26,27)/t16-,17+,23?. The highest BCUT2D eigenvalue weighted by molar-refractivity contribution is 7.87. The summed E-state index contributed by atoms with van der Waals surface area (Å²) >= 11 is 0. The summed E-state index contributed by atoms with van der Waals surface area (Å²) in [5, 5.41) is 15.3. The van der Waals surface area contributed by atoms with Gasteiger partial charge in [-0.1, -0.05) is 12.8 Å². The Morgan fingerprint density at radius 2 is 1.97 bits per heavy atom. The van der Waals surface area contributed by atoms with Crippen molar-refractivity contribution in [1.82, 2.24) is 33.8 Å². The molecule has 3 atom stereocenters. The Bertz CT molecular complexity index is 1340. The zero-order valence-electron chi connectivity index (χ0n) is 18.9. The predicted molar refractivity (Wildman–Crippen MR) is 125 cm³/mol. The van der Waals surface area contributed by atoms with Gasteiger partial charge in [0.1, 0.15) is 12.0 Å². The molecule has 1 unspecified atom stereocenters. The van der Waals surface area contributed by atoms with E-state index in [0.717, 1.165) is 60.8 Å². The largest absolute Gasteiger partial charge is 0.346 e. The summed E-state index contributed by atoms with van der Waals surface area (Å²) in [5.74, 6) is 0.438. The molecule has 3 aromatic rings. The molecule has 2 saturated carbocycles. The Labute approximate surface area is 198 Å². The summed E-state index contributed by atoms with van der Waals surface area (Å²) in [5.41, 5.74) is 2.03. The zero-order valence-corrected chi connectivity index (χ0v) is 19.7. The first-order valence-corrected chi connectivity index (χ1v) is 13.4. The van der Waals surface area contributed by atoms with Crippen molar-refractivity contribution < 1.29 is 8.42 Å². The van der Waals surface area contributed by atoms with E-state index in [-0.39, 0.29) is 17.9 Å². The molecule has 11 heteroatoms. The van der Waals surface area contributed by atoms with Gasteiger partial charge < -0.3 is 4.98 Å². The first-order valence-electron chi connectivity index (χ1n) is 12.0. The average molecular weight is 481 g/mol. The highest BCUT2D eigenvalue weighted by Gasteiger charge is 2.52. The van der Waals surface area contributed by atoms with E-state index in [9.17, 15) is 13.7 Å². The molecule has 0 amide bonds. The number of fused-ring (bicyclic) bond motifs is 2. The maximum Gasteiger partial charge on any atom is 0.279 e. The monoisotopic (exact) mass is 480 g/mol. The summed E-state index contributed by atoms with van der Waals surface area (Å²) in [6.07, 6.45) is 13.0. The minimum absolute atomic E-state index is 0.0684. The Balaban J connectivity index is 1.22. The van der Waals surface area contributed by atoms with Crippen LogP contribution in [0.2, 0.25) is 0 Å². The van der Waals surface area contributed by atoms with Crippen molar-refractivity contribution >= 4 is 21.2 Å². The van der Waals surface area contributed by atoms with Gasteiger partial charge in [-0.3, -0.25) is 4.68 Å². The molecule has 4 heterocycles. The van der Waals surface area contributed by atoms with Crippen LogP contribution in [-0.2, 0) is 15.7 Å². The summed E-state index contributed by atoms with van der Waals surface area (Å²) in [6.45, 7) is 1.01. The van der Waals surface area contributed by atoms with E-state index >= 15 is 0 Å². The van der Waals surface area contributed by atoms with Gasteiger partial charge in [0, 0.05) is 42.5 Å². The summed E-state index contributed by atoms with van der Waals surface area (Å²) in [7, 11) is -3.47. The molecule has 1 aliphatic heterocycles. The third kappa shape index (κ3) is 3.61. The van der Waals surface area contributed by atoms with E-state index in [1.807, 2.05) is 23.1 Å². The van der Waals surface area contributed by atoms with Gasteiger partial charge in [-0.2, -0.15) is 27.8 Å². The second-order valence-corrected chi connectivity index (χ2v) is 11.7. The number of hydrogen-bond acceptors (Lipinski definition) is 6. The number of aromatic amines is 1. The Morgan fingerprint density at radius 1 is 1.21 bits per heavy atom. The zero-order chi connectivity index (χ0) is 23.3. The second-order valence-electron chi connectivity index (χ2n) is 10.0. The molecular formula is C23H28N8O2S. The van der Waals surface area contributed by atoms with Crippen molar-refractivity contribution in [2.75, 3.05) is 13.1 Å². The SMILES string of the molecule is N#CCC1(n2cc(-c3ncnc4[nH]ccc34)cn2)C[C@H]2CN(S(=O)(=O)NC3CCCC3)C[C@H]2C1. The Morgan fingerprint density at radius 3 is 2.71 bits per heavy atom. The van der Waals surface area contributed by atoms with Crippen LogP contribution in [-0.4, -0.2) is 56.6 Å². The lowest BCUT2D eigenvalue weighted by atomic mass is 9.92. The summed E-state index contributed by atoms with van der Waals surface area (Å²) in [6, 6.07) is 4.38. The van der Waals surface area contributed by atoms with E-state index in [1.165, 1.54) is 6.33 Å². The molecule has 0 aromatic carbocycles. The number of rotatable bonds is 6. The molecule has 2 aliphatic carbocycles. The van der Waals surface area contributed by atoms with Crippen LogP contribution in [0, 0.1) is 23.2 Å². The Kier molecular flexibility index (Phi) is 5.20. The highest BCUT2D eigenvalue weighted by atomic mass is 32.2. The molecule has 3 fully saturated rings. The fourth-order valence-corrected chi connectivity index (χ4v) is 7.89. The molecule has 10 nitrogen and oxygen atoms in total. The predicted octanol–water partition coefficient (Wildman–Crippen LogP) is 2.55. The minimum atomic E-state index is -3.47. The smallest absolute Gasteiger partial charge is 0.279 e. The first kappa shape index (κ1) is 21.7. The first-order chi connectivity index (χ1) is 16.5. The molecule has 0 radical (unpaired) electrons. The average Bonchev–Trinajstić information content (AvgIpc) is 3.61. The molecule has 0 bridgehead atoms. The molecule has 2 N–H and O–H groups in total. The van der Waals surface area contributed by atoms with Gasteiger partial charge in [0.15, 0.2) is 0 Å². The van der Waals surface area contributed by atoms with Crippen LogP contribution in [0.5, 0.6) is 0 Å². The quantitative estimate of drug-likeness (QED) is 0.557. The highest BCUT2D eigenvalue weighted by Crippen LogP contribution is 2.50. The number of nitriles is 1. The third-order valence-electron chi connectivity index (χ3n) is 7.94.